The number of allylic oxidation sites excluding steroid dienone is 1. The topological polar surface area (TPSA) is 69.4 Å². The summed E-state index contributed by atoms with van der Waals surface area (Å²) in [5, 5.41) is 10.5. The molecule has 2 aromatic carbocycles. The average molecular weight is 394 g/mol. The van der Waals surface area contributed by atoms with E-state index in [2.05, 4.69) is 6.92 Å². The van der Waals surface area contributed by atoms with E-state index >= 15 is 0 Å². The molecule has 5 rings (SSSR count). The van der Waals surface area contributed by atoms with Crippen LogP contribution >= 0.6 is 0 Å². The van der Waals surface area contributed by atoms with Crippen LogP contribution in [0.3, 0.4) is 0 Å². The molecule has 0 aliphatic carbocycles. The van der Waals surface area contributed by atoms with Crippen molar-refractivity contribution in [3.8, 4) is 23.0 Å². The number of quaternary nitrogens is 1. The molecule has 2 N–H and O–H groups in total. The molecule has 3 aliphatic rings. The van der Waals surface area contributed by atoms with Gasteiger partial charge in [-0.15, -0.1) is 0 Å². The van der Waals surface area contributed by atoms with Gasteiger partial charge >= 0.3 is 0 Å². The number of aromatic hydroxyl groups is 1. The highest BCUT2D eigenvalue weighted by Gasteiger charge is 2.34. The molecule has 2 aromatic rings. The molecule has 6 heteroatoms. The number of nitrogens with one attached hydrogen (secondary N) is 1. The summed E-state index contributed by atoms with van der Waals surface area (Å²) in [6.07, 6.45) is 5.33. The molecule has 0 saturated carbocycles. The van der Waals surface area contributed by atoms with Crippen LogP contribution in [-0.2, 0) is 6.54 Å². The van der Waals surface area contributed by atoms with Gasteiger partial charge in [0.25, 0.3) is 0 Å². The number of rotatable bonds is 3. The van der Waals surface area contributed by atoms with E-state index in [1.165, 1.54) is 24.2 Å². The van der Waals surface area contributed by atoms with Crippen LogP contribution < -0.4 is 19.1 Å². The van der Waals surface area contributed by atoms with Crippen molar-refractivity contribution in [1.29, 1.82) is 0 Å². The Morgan fingerprint density at radius 2 is 2.03 bits per heavy atom. The summed E-state index contributed by atoms with van der Waals surface area (Å²) in [5.41, 5.74) is 2.02. The molecular weight excluding hydrogens is 370 g/mol. The van der Waals surface area contributed by atoms with Crippen LogP contribution in [0.1, 0.15) is 47.7 Å². The number of piperidine rings is 1. The van der Waals surface area contributed by atoms with Crippen molar-refractivity contribution in [3.63, 3.8) is 0 Å². The lowest BCUT2D eigenvalue weighted by Gasteiger charge is -2.30. The van der Waals surface area contributed by atoms with E-state index in [-0.39, 0.29) is 24.1 Å². The number of phenolic OH excluding ortho intramolecular Hbond substituents is 1. The summed E-state index contributed by atoms with van der Waals surface area (Å²) in [4.78, 5) is 14.3. The molecule has 0 spiro atoms. The molecule has 3 aliphatic heterocycles. The van der Waals surface area contributed by atoms with Crippen LogP contribution in [-0.4, -0.2) is 30.3 Å². The van der Waals surface area contributed by atoms with Gasteiger partial charge < -0.3 is 24.2 Å². The summed E-state index contributed by atoms with van der Waals surface area (Å²) in [6.45, 7) is 4.17. The number of hydrogen-bond donors (Lipinski definition) is 2. The standard InChI is InChI=1S/C23H23NO5/c1-14-4-2-3-9-24(14)12-17-18(25)7-6-16-22(26)21(29-23(16)17)11-15-5-8-19-20(10-15)28-13-27-19/h5-8,10-11,14,25H,2-4,9,12-13H2,1H3/p+1/t14-/m0/s1. The Balaban J connectivity index is 1.45. The summed E-state index contributed by atoms with van der Waals surface area (Å²) < 4.78 is 16.7. The minimum atomic E-state index is -0.166. The van der Waals surface area contributed by atoms with Crippen LogP contribution in [0.5, 0.6) is 23.0 Å². The second-order valence-corrected chi connectivity index (χ2v) is 7.97. The maximum Gasteiger partial charge on any atom is 0.231 e. The minimum Gasteiger partial charge on any atom is -0.507 e. The molecule has 0 bridgehead atoms. The molecular formula is C23H24NO5+. The van der Waals surface area contributed by atoms with Gasteiger partial charge in [0.2, 0.25) is 12.6 Å². The van der Waals surface area contributed by atoms with Crippen molar-refractivity contribution >= 4 is 11.9 Å². The number of carbonyl (C=O) groups is 1. The first kappa shape index (κ1) is 18.1. The predicted octanol–water partition coefficient (Wildman–Crippen LogP) is 2.69. The number of Topliss-reactive ketones (excluding diaryl/α,β-unsaturated/α-hetero) is 1. The van der Waals surface area contributed by atoms with Crippen molar-refractivity contribution in [2.24, 2.45) is 0 Å². The smallest absolute Gasteiger partial charge is 0.231 e. The van der Waals surface area contributed by atoms with Crippen LogP contribution in [0.25, 0.3) is 6.08 Å². The summed E-state index contributed by atoms with van der Waals surface area (Å²) in [6, 6.07) is 9.28. The first-order valence-electron chi connectivity index (χ1n) is 10.1. The molecule has 0 amide bonds. The van der Waals surface area contributed by atoms with Crippen LogP contribution in [0.4, 0.5) is 0 Å². The maximum atomic E-state index is 12.9. The third kappa shape index (κ3) is 3.23. The maximum absolute atomic E-state index is 12.9. The molecule has 3 heterocycles. The lowest BCUT2D eigenvalue weighted by atomic mass is 10.0. The Bertz CT molecular complexity index is 1010. The van der Waals surface area contributed by atoms with Gasteiger partial charge in [-0.25, -0.2) is 0 Å². The molecule has 2 atom stereocenters. The molecule has 0 radical (unpaired) electrons. The fraction of sp³-hybridized carbons (Fsp3) is 0.348. The van der Waals surface area contributed by atoms with E-state index in [4.69, 9.17) is 14.2 Å². The number of ether oxygens (including phenoxy) is 3. The molecule has 1 fully saturated rings. The number of carbonyl (C=O) groups excluding carboxylic acids is 1. The van der Waals surface area contributed by atoms with Gasteiger partial charge in [0.1, 0.15) is 12.3 Å². The number of hydrogen-bond acceptors (Lipinski definition) is 5. The third-order valence-corrected chi connectivity index (χ3v) is 6.10. The SMILES string of the molecule is C[C@H]1CCCC[NH+]1Cc1c(O)ccc2c1OC(=Cc1ccc3c(c1)OCO3)C2=O. The minimum absolute atomic E-state index is 0.166. The highest BCUT2D eigenvalue weighted by atomic mass is 16.7. The van der Waals surface area contributed by atoms with E-state index in [1.54, 1.807) is 18.2 Å². The number of phenols is 1. The molecule has 150 valence electrons. The normalized spacial score (nSPS) is 23.9. The van der Waals surface area contributed by atoms with Crippen molar-refractivity contribution in [3.05, 3.63) is 52.8 Å². The van der Waals surface area contributed by atoms with E-state index in [0.717, 1.165) is 12.1 Å². The van der Waals surface area contributed by atoms with Gasteiger partial charge in [0.15, 0.2) is 23.0 Å². The Kier molecular flexibility index (Phi) is 4.43. The van der Waals surface area contributed by atoms with Gasteiger partial charge in [-0.3, -0.25) is 4.79 Å². The lowest BCUT2D eigenvalue weighted by molar-refractivity contribution is -0.941. The highest BCUT2D eigenvalue weighted by Crippen LogP contribution is 2.40. The predicted molar refractivity (Wildman–Crippen MR) is 106 cm³/mol. The first-order valence-corrected chi connectivity index (χ1v) is 10.1. The monoisotopic (exact) mass is 394 g/mol. The van der Waals surface area contributed by atoms with Crippen LogP contribution in [0.2, 0.25) is 0 Å². The zero-order chi connectivity index (χ0) is 20.0. The third-order valence-electron chi connectivity index (χ3n) is 6.10. The first-order chi connectivity index (χ1) is 14.1. The van der Waals surface area contributed by atoms with Crippen LogP contribution in [0, 0.1) is 0 Å². The number of likely N-dealkylation sites (tertiary alicyclic amines) is 1. The number of benzene rings is 2. The lowest BCUT2D eigenvalue weighted by Crippen LogP contribution is -3.14. The Labute approximate surface area is 169 Å². The van der Waals surface area contributed by atoms with Gasteiger partial charge in [-0.2, -0.15) is 0 Å². The second kappa shape index (κ2) is 7.12. The van der Waals surface area contributed by atoms with Crippen molar-refractivity contribution in [2.75, 3.05) is 13.3 Å². The zero-order valence-electron chi connectivity index (χ0n) is 16.4. The fourth-order valence-corrected chi connectivity index (χ4v) is 4.36. The largest absolute Gasteiger partial charge is 0.507 e. The van der Waals surface area contributed by atoms with Crippen molar-refractivity contribution < 1.29 is 29.0 Å². The van der Waals surface area contributed by atoms with Crippen molar-refractivity contribution in [1.82, 2.24) is 0 Å². The Morgan fingerprint density at radius 3 is 2.90 bits per heavy atom. The van der Waals surface area contributed by atoms with Gasteiger partial charge in [-0.1, -0.05) is 6.07 Å². The molecule has 29 heavy (non-hydrogen) atoms. The van der Waals surface area contributed by atoms with Crippen molar-refractivity contribution in [2.45, 2.75) is 38.8 Å². The molecule has 1 unspecified atom stereocenters. The quantitative estimate of drug-likeness (QED) is 0.784. The van der Waals surface area contributed by atoms with Crippen LogP contribution in [0.15, 0.2) is 36.1 Å². The number of fused-ring (bicyclic) bond motifs is 2. The van der Waals surface area contributed by atoms with E-state index < -0.39 is 0 Å². The highest BCUT2D eigenvalue weighted by molar-refractivity contribution is 6.15. The van der Waals surface area contributed by atoms with E-state index in [1.807, 2.05) is 18.2 Å². The summed E-state index contributed by atoms with van der Waals surface area (Å²) >= 11 is 0. The van der Waals surface area contributed by atoms with Gasteiger partial charge in [0, 0.05) is 0 Å². The summed E-state index contributed by atoms with van der Waals surface area (Å²) in [5.74, 6) is 2.12. The second-order valence-electron chi connectivity index (χ2n) is 7.97. The van der Waals surface area contributed by atoms with Gasteiger partial charge in [-0.05, 0) is 62.1 Å². The Morgan fingerprint density at radius 1 is 1.17 bits per heavy atom. The summed E-state index contributed by atoms with van der Waals surface area (Å²) in [7, 11) is 0. The molecule has 0 aromatic heterocycles. The zero-order valence-corrected chi connectivity index (χ0v) is 16.4. The Hall–Kier alpha value is -2.99. The number of ketones is 1. The van der Waals surface area contributed by atoms with Gasteiger partial charge in [0.05, 0.1) is 23.7 Å². The molecule has 6 nitrogen and oxygen atoms in total. The fourth-order valence-electron chi connectivity index (χ4n) is 4.36. The average Bonchev–Trinajstić information content (AvgIpc) is 3.30. The van der Waals surface area contributed by atoms with E-state index in [0.29, 0.717) is 41.0 Å². The molecule has 1 saturated heterocycles. The van der Waals surface area contributed by atoms with E-state index in [9.17, 15) is 9.90 Å².